The topological polar surface area (TPSA) is 15.3 Å². The third-order valence-electron chi connectivity index (χ3n) is 6.38. The molecule has 3 rings (SSSR count). The number of nitrogens with one attached hydrogen (secondary N) is 1. The molecule has 4 unspecified atom stereocenters. The highest BCUT2D eigenvalue weighted by Gasteiger charge is 2.40. The van der Waals surface area contributed by atoms with Crippen LogP contribution >= 0.6 is 0 Å². The molecule has 1 spiro atoms. The van der Waals surface area contributed by atoms with Gasteiger partial charge in [-0.05, 0) is 62.4 Å². The van der Waals surface area contributed by atoms with Gasteiger partial charge in [-0.1, -0.05) is 26.7 Å². The molecule has 2 nitrogen and oxygen atoms in total. The van der Waals surface area contributed by atoms with Gasteiger partial charge in [-0.15, -0.1) is 0 Å². The number of piperidine rings is 2. The predicted octanol–water partition coefficient (Wildman–Crippen LogP) is 3.28. The zero-order chi connectivity index (χ0) is 13.3. The van der Waals surface area contributed by atoms with Crippen LogP contribution < -0.4 is 5.32 Å². The molecule has 2 heteroatoms. The van der Waals surface area contributed by atoms with E-state index in [0.717, 1.165) is 17.9 Å². The van der Waals surface area contributed by atoms with Crippen molar-refractivity contribution < 1.29 is 0 Å². The lowest BCUT2D eigenvalue weighted by atomic mass is 9.71. The molecule has 1 aliphatic carbocycles. The number of hydrogen-bond donors (Lipinski definition) is 1. The molecule has 0 aromatic rings. The van der Waals surface area contributed by atoms with Crippen molar-refractivity contribution >= 4 is 0 Å². The summed E-state index contributed by atoms with van der Waals surface area (Å²) in [5, 5.41) is 3.66. The zero-order valence-electron chi connectivity index (χ0n) is 13.0. The average molecular weight is 264 g/mol. The molecule has 3 fully saturated rings. The molecule has 2 heterocycles. The molecule has 2 aliphatic heterocycles. The van der Waals surface area contributed by atoms with Crippen LogP contribution in [-0.4, -0.2) is 37.1 Å². The summed E-state index contributed by atoms with van der Waals surface area (Å²) in [4.78, 5) is 2.89. The van der Waals surface area contributed by atoms with Crippen LogP contribution in [0.4, 0.5) is 0 Å². The summed E-state index contributed by atoms with van der Waals surface area (Å²) in [6, 6.07) is 0.878. The van der Waals surface area contributed by atoms with Crippen molar-refractivity contribution in [3.05, 3.63) is 0 Å². The monoisotopic (exact) mass is 264 g/mol. The van der Waals surface area contributed by atoms with Crippen LogP contribution in [-0.2, 0) is 0 Å². The molecule has 1 N–H and O–H groups in total. The highest BCUT2D eigenvalue weighted by molar-refractivity contribution is 4.95. The van der Waals surface area contributed by atoms with Crippen LogP contribution in [0.5, 0.6) is 0 Å². The van der Waals surface area contributed by atoms with Gasteiger partial charge in [0.25, 0.3) is 0 Å². The lowest BCUT2D eigenvalue weighted by Gasteiger charge is -2.50. The normalized spacial score (nSPS) is 45.5. The van der Waals surface area contributed by atoms with Crippen LogP contribution in [0.2, 0.25) is 0 Å². The first-order valence-corrected chi connectivity index (χ1v) is 8.65. The van der Waals surface area contributed by atoms with Crippen LogP contribution in [0.15, 0.2) is 0 Å². The van der Waals surface area contributed by atoms with Gasteiger partial charge in [-0.25, -0.2) is 0 Å². The fourth-order valence-corrected chi connectivity index (χ4v) is 4.98. The van der Waals surface area contributed by atoms with Gasteiger partial charge in [0.15, 0.2) is 0 Å². The Morgan fingerprint density at radius 1 is 1.05 bits per heavy atom. The summed E-state index contributed by atoms with van der Waals surface area (Å²) in [7, 11) is 0. The number of likely N-dealkylation sites (tertiary alicyclic amines) is 1. The van der Waals surface area contributed by atoms with Gasteiger partial charge in [0.2, 0.25) is 0 Å². The number of nitrogens with zero attached hydrogens (tertiary/aromatic N) is 1. The Labute approximate surface area is 119 Å². The summed E-state index contributed by atoms with van der Waals surface area (Å²) < 4.78 is 0. The van der Waals surface area contributed by atoms with E-state index in [-0.39, 0.29) is 0 Å². The molecular weight excluding hydrogens is 232 g/mol. The standard InChI is InChI=1S/C17H32N2/c1-14-6-3-7-16(15(14)2)19-11-5-9-17(13-19)8-4-10-18-12-17/h14-16,18H,3-13H2,1-2H3. The molecule has 4 atom stereocenters. The lowest BCUT2D eigenvalue weighted by molar-refractivity contribution is -0.00154. The van der Waals surface area contributed by atoms with Crippen molar-refractivity contribution in [2.24, 2.45) is 17.3 Å². The van der Waals surface area contributed by atoms with Crippen molar-refractivity contribution in [1.82, 2.24) is 10.2 Å². The molecule has 19 heavy (non-hydrogen) atoms. The van der Waals surface area contributed by atoms with Gasteiger partial charge in [0.05, 0.1) is 0 Å². The van der Waals surface area contributed by atoms with Gasteiger partial charge in [-0.2, -0.15) is 0 Å². The Kier molecular flexibility index (Phi) is 4.19. The summed E-state index contributed by atoms with van der Waals surface area (Å²) >= 11 is 0. The minimum Gasteiger partial charge on any atom is -0.316 e. The molecular formula is C17H32N2. The second-order valence-corrected chi connectivity index (χ2v) is 7.69. The van der Waals surface area contributed by atoms with Gasteiger partial charge in [0, 0.05) is 19.1 Å². The quantitative estimate of drug-likeness (QED) is 0.782. The van der Waals surface area contributed by atoms with Gasteiger partial charge in [0.1, 0.15) is 0 Å². The van der Waals surface area contributed by atoms with E-state index in [1.807, 2.05) is 0 Å². The Bertz CT molecular complexity index is 290. The Morgan fingerprint density at radius 3 is 2.68 bits per heavy atom. The van der Waals surface area contributed by atoms with Crippen LogP contribution in [0.25, 0.3) is 0 Å². The minimum atomic E-state index is 0.622. The average Bonchev–Trinajstić information content (AvgIpc) is 2.43. The molecule has 0 amide bonds. The summed E-state index contributed by atoms with van der Waals surface area (Å²) in [6.07, 6.45) is 10.1. The molecule has 0 radical (unpaired) electrons. The minimum absolute atomic E-state index is 0.622. The highest BCUT2D eigenvalue weighted by Crippen LogP contribution is 2.40. The summed E-state index contributed by atoms with van der Waals surface area (Å²) in [5.74, 6) is 1.83. The van der Waals surface area contributed by atoms with E-state index in [0.29, 0.717) is 5.41 Å². The van der Waals surface area contributed by atoms with Crippen molar-refractivity contribution in [3.8, 4) is 0 Å². The molecule has 110 valence electrons. The molecule has 2 saturated heterocycles. The molecule has 3 aliphatic rings. The van der Waals surface area contributed by atoms with Crippen LogP contribution in [0.3, 0.4) is 0 Å². The molecule has 0 aromatic carbocycles. The van der Waals surface area contributed by atoms with Gasteiger partial charge < -0.3 is 5.32 Å². The van der Waals surface area contributed by atoms with E-state index in [1.165, 1.54) is 71.1 Å². The maximum Gasteiger partial charge on any atom is 0.0124 e. The van der Waals surface area contributed by atoms with Gasteiger partial charge >= 0.3 is 0 Å². The van der Waals surface area contributed by atoms with Crippen molar-refractivity contribution in [2.45, 2.75) is 64.8 Å². The second-order valence-electron chi connectivity index (χ2n) is 7.69. The van der Waals surface area contributed by atoms with Crippen molar-refractivity contribution in [3.63, 3.8) is 0 Å². The third kappa shape index (κ3) is 2.85. The largest absolute Gasteiger partial charge is 0.316 e. The maximum absolute atomic E-state index is 3.66. The summed E-state index contributed by atoms with van der Waals surface area (Å²) in [6.45, 7) is 10.2. The maximum atomic E-state index is 3.66. The van der Waals surface area contributed by atoms with E-state index >= 15 is 0 Å². The molecule has 1 saturated carbocycles. The van der Waals surface area contributed by atoms with E-state index in [2.05, 4.69) is 24.1 Å². The van der Waals surface area contributed by atoms with Crippen molar-refractivity contribution in [1.29, 1.82) is 0 Å². The first kappa shape index (κ1) is 13.9. The van der Waals surface area contributed by atoms with E-state index < -0.39 is 0 Å². The van der Waals surface area contributed by atoms with Crippen LogP contribution in [0.1, 0.15) is 58.8 Å². The fourth-order valence-electron chi connectivity index (χ4n) is 4.98. The van der Waals surface area contributed by atoms with E-state index in [9.17, 15) is 0 Å². The smallest absolute Gasteiger partial charge is 0.0124 e. The molecule has 0 bridgehead atoms. The van der Waals surface area contributed by atoms with E-state index in [4.69, 9.17) is 0 Å². The Balaban J connectivity index is 1.67. The lowest BCUT2D eigenvalue weighted by Crippen LogP contribution is -2.55. The highest BCUT2D eigenvalue weighted by atomic mass is 15.2. The summed E-state index contributed by atoms with van der Waals surface area (Å²) in [5.41, 5.74) is 0.622. The molecule has 0 aromatic heterocycles. The zero-order valence-corrected chi connectivity index (χ0v) is 13.0. The second kappa shape index (κ2) is 5.73. The fraction of sp³-hybridized carbons (Fsp3) is 1.00. The van der Waals surface area contributed by atoms with Crippen molar-refractivity contribution in [2.75, 3.05) is 26.2 Å². The van der Waals surface area contributed by atoms with Crippen LogP contribution in [0, 0.1) is 17.3 Å². The first-order valence-electron chi connectivity index (χ1n) is 8.65. The number of rotatable bonds is 1. The third-order valence-corrected chi connectivity index (χ3v) is 6.38. The first-order chi connectivity index (χ1) is 9.20. The Morgan fingerprint density at radius 2 is 1.89 bits per heavy atom. The number of hydrogen-bond acceptors (Lipinski definition) is 2. The van der Waals surface area contributed by atoms with Gasteiger partial charge in [-0.3, -0.25) is 4.90 Å². The SMILES string of the molecule is CC1CCCC(N2CCCC3(CCCNC3)C2)C1C. The van der Waals surface area contributed by atoms with E-state index in [1.54, 1.807) is 0 Å². The Hall–Kier alpha value is -0.0800. The predicted molar refractivity (Wildman–Crippen MR) is 81.3 cm³/mol.